The Morgan fingerprint density at radius 2 is 1.94 bits per heavy atom. The van der Waals surface area contributed by atoms with Gasteiger partial charge in [0, 0.05) is 44.0 Å². The number of anilines is 1. The Hall–Kier alpha value is -3.63. The zero-order valence-electron chi connectivity index (χ0n) is 19.4. The molecule has 34 heavy (non-hydrogen) atoms. The molecule has 0 N–H and O–H groups in total. The molecular weight excluding hydrogens is 448 g/mol. The van der Waals surface area contributed by atoms with E-state index in [0.29, 0.717) is 42.7 Å². The minimum Gasteiger partial charge on any atom is -0.354 e. The highest BCUT2D eigenvalue weighted by atomic mass is 35.5. The average molecular weight is 475 g/mol. The summed E-state index contributed by atoms with van der Waals surface area (Å²) in [6.07, 6.45) is 5.82. The average Bonchev–Trinajstić information content (AvgIpc) is 3.00. The van der Waals surface area contributed by atoms with E-state index >= 15 is 0 Å². The quantitative estimate of drug-likeness (QED) is 0.517. The van der Waals surface area contributed by atoms with Gasteiger partial charge >= 0.3 is 0 Å². The summed E-state index contributed by atoms with van der Waals surface area (Å²) in [7, 11) is 0. The number of carbonyl (C=O) groups is 1. The van der Waals surface area contributed by atoms with Crippen molar-refractivity contribution in [2.75, 3.05) is 31.1 Å². The number of nitriles is 1. The maximum Gasteiger partial charge on any atom is 0.246 e. The van der Waals surface area contributed by atoms with E-state index in [1.54, 1.807) is 35.2 Å². The molecule has 4 rings (SSSR count). The van der Waals surface area contributed by atoms with Crippen molar-refractivity contribution in [1.29, 1.82) is 5.26 Å². The molecule has 0 atom stereocenters. The number of pyridine rings is 1. The SMILES string of the molecule is Cc1ccc(Cn2nc(C)c(/C=C/C(=O)N3CCCN(c4ncccc4C#N)CC3)c2Cl)cc1. The van der Waals surface area contributed by atoms with Gasteiger partial charge in [-0.2, -0.15) is 10.4 Å². The van der Waals surface area contributed by atoms with Crippen LogP contribution in [0, 0.1) is 25.2 Å². The predicted molar refractivity (Wildman–Crippen MR) is 134 cm³/mol. The van der Waals surface area contributed by atoms with E-state index in [4.69, 9.17) is 11.6 Å². The second-order valence-corrected chi connectivity index (χ2v) is 8.78. The van der Waals surface area contributed by atoms with Crippen LogP contribution in [0.4, 0.5) is 5.82 Å². The van der Waals surface area contributed by atoms with Crippen molar-refractivity contribution in [2.24, 2.45) is 0 Å². The minimum absolute atomic E-state index is 0.0647. The summed E-state index contributed by atoms with van der Waals surface area (Å²) in [5.41, 5.74) is 4.40. The van der Waals surface area contributed by atoms with Gasteiger partial charge in [-0.25, -0.2) is 9.67 Å². The fraction of sp³-hybridized carbons (Fsp3) is 0.308. The fourth-order valence-corrected chi connectivity index (χ4v) is 4.37. The number of hydrogen-bond acceptors (Lipinski definition) is 5. The Morgan fingerprint density at radius 3 is 2.71 bits per heavy atom. The molecule has 1 amide bonds. The molecule has 1 saturated heterocycles. The van der Waals surface area contributed by atoms with Crippen LogP contribution in [0.25, 0.3) is 6.08 Å². The monoisotopic (exact) mass is 474 g/mol. The highest BCUT2D eigenvalue weighted by molar-refractivity contribution is 6.31. The van der Waals surface area contributed by atoms with Crippen molar-refractivity contribution in [1.82, 2.24) is 19.7 Å². The number of carbonyl (C=O) groups excluding carboxylic acids is 1. The van der Waals surface area contributed by atoms with Crippen LogP contribution in [0.15, 0.2) is 48.7 Å². The van der Waals surface area contributed by atoms with E-state index in [1.807, 2.05) is 11.8 Å². The van der Waals surface area contributed by atoms with E-state index < -0.39 is 0 Å². The lowest BCUT2D eigenvalue weighted by Crippen LogP contribution is -2.34. The molecule has 3 heterocycles. The third-order valence-corrected chi connectivity index (χ3v) is 6.37. The first-order valence-corrected chi connectivity index (χ1v) is 11.7. The molecular formula is C26H27ClN6O. The van der Waals surface area contributed by atoms with Gasteiger partial charge in [-0.3, -0.25) is 4.79 Å². The molecule has 3 aromatic rings. The predicted octanol–water partition coefficient (Wildman–Crippen LogP) is 4.22. The minimum atomic E-state index is -0.0647. The lowest BCUT2D eigenvalue weighted by Gasteiger charge is -2.22. The molecule has 0 unspecified atom stereocenters. The van der Waals surface area contributed by atoms with Crippen molar-refractivity contribution >= 4 is 29.4 Å². The van der Waals surface area contributed by atoms with Crippen LogP contribution in [-0.2, 0) is 11.3 Å². The second-order valence-electron chi connectivity index (χ2n) is 8.42. The van der Waals surface area contributed by atoms with Crippen LogP contribution < -0.4 is 4.90 Å². The standard InChI is InChI=1S/C26H27ClN6O/c1-19-6-8-21(9-7-19)18-33-25(27)23(20(2)30-33)10-11-24(34)31-13-4-14-32(16-15-31)26-22(17-28)5-3-12-29-26/h3,5-12H,4,13-16,18H2,1-2H3/b11-10+. The molecule has 7 nitrogen and oxygen atoms in total. The zero-order valence-corrected chi connectivity index (χ0v) is 20.2. The zero-order chi connectivity index (χ0) is 24.1. The number of rotatable bonds is 5. The van der Waals surface area contributed by atoms with E-state index in [0.717, 1.165) is 29.8 Å². The van der Waals surface area contributed by atoms with E-state index in [-0.39, 0.29) is 5.91 Å². The lowest BCUT2D eigenvalue weighted by molar-refractivity contribution is -0.125. The molecule has 0 bridgehead atoms. The van der Waals surface area contributed by atoms with Crippen LogP contribution in [0.2, 0.25) is 5.15 Å². The molecule has 8 heteroatoms. The van der Waals surface area contributed by atoms with Crippen LogP contribution in [0.3, 0.4) is 0 Å². The molecule has 1 aromatic carbocycles. The van der Waals surface area contributed by atoms with Crippen molar-refractivity contribution in [3.8, 4) is 6.07 Å². The van der Waals surface area contributed by atoms with Crippen molar-refractivity contribution < 1.29 is 4.79 Å². The van der Waals surface area contributed by atoms with E-state index in [1.165, 1.54) is 5.56 Å². The number of benzene rings is 1. The summed E-state index contributed by atoms with van der Waals surface area (Å²) in [5, 5.41) is 14.4. The topological polar surface area (TPSA) is 78.1 Å². The first-order chi connectivity index (χ1) is 16.5. The van der Waals surface area contributed by atoms with Crippen LogP contribution in [0.5, 0.6) is 0 Å². The maximum absolute atomic E-state index is 12.9. The Balaban J connectivity index is 1.42. The molecule has 0 spiro atoms. The first kappa shape index (κ1) is 23.5. The third kappa shape index (κ3) is 5.29. The summed E-state index contributed by atoms with van der Waals surface area (Å²) in [6, 6.07) is 14.0. The number of aromatic nitrogens is 3. The number of nitrogens with zero attached hydrogens (tertiary/aromatic N) is 6. The summed E-state index contributed by atoms with van der Waals surface area (Å²) in [5.74, 6) is 0.614. The van der Waals surface area contributed by atoms with Gasteiger partial charge in [0.25, 0.3) is 0 Å². The van der Waals surface area contributed by atoms with Crippen molar-refractivity contribution in [2.45, 2.75) is 26.8 Å². The molecule has 0 radical (unpaired) electrons. The number of aryl methyl sites for hydroxylation is 2. The van der Waals surface area contributed by atoms with E-state index in [9.17, 15) is 10.1 Å². The summed E-state index contributed by atoms with van der Waals surface area (Å²) in [4.78, 5) is 21.2. The van der Waals surface area contributed by atoms with Gasteiger partial charge in [0.05, 0.1) is 17.8 Å². The van der Waals surface area contributed by atoms with Gasteiger partial charge in [-0.05, 0) is 44.0 Å². The Bertz CT molecular complexity index is 1240. The summed E-state index contributed by atoms with van der Waals surface area (Å²) in [6.45, 7) is 7.10. The molecule has 0 aliphatic carbocycles. The normalized spacial score (nSPS) is 14.3. The summed E-state index contributed by atoms with van der Waals surface area (Å²) >= 11 is 6.61. The Kier molecular flexibility index (Phi) is 7.29. The molecule has 1 fully saturated rings. The van der Waals surface area contributed by atoms with Gasteiger partial charge in [0.1, 0.15) is 17.0 Å². The molecule has 0 saturated carbocycles. The first-order valence-electron chi connectivity index (χ1n) is 11.3. The van der Waals surface area contributed by atoms with Gasteiger partial charge in [-0.15, -0.1) is 0 Å². The van der Waals surface area contributed by atoms with Crippen molar-refractivity contribution in [3.63, 3.8) is 0 Å². The second kappa shape index (κ2) is 10.5. The van der Waals surface area contributed by atoms with Gasteiger partial charge < -0.3 is 9.80 Å². The largest absolute Gasteiger partial charge is 0.354 e. The van der Waals surface area contributed by atoms with Crippen molar-refractivity contribution in [3.05, 3.63) is 81.8 Å². The van der Waals surface area contributed by atoms with Gasteiger partial charge in [-0.1, -0.05) is 41.4 Å². The number of amides is 1. The highest BCUT2D eigenvalue weighted by Crippen LogP contribution is 2.23. The van der Waals surface area contributed by atoms with Crippen LogP contribution >= 0.6 is 11.6 Å². The summed E-state index contributed by atoms with van der Waals surface area (Å²) < 4.78 is 1.76. The molecule has 1 aliphatic rings. The number of halogens is 1. The highest BCUT2D eigenvalue weighted by Gasteiger charge is 2.20. The Labute approximate surface area is 204 Å². The van der Waals surface area contributed by atoms with Crippen LogP contribution in [-0.4, -0.2) is 51.8 Å². The molecule has 1 aliphatic heterocycles. The lowest BCUT2D eigenvalue weighted by atomic mass is 10.1. The van der Waals surface area contributed by atoms with Gasteiger partial charge in [0.2, 0.25) is 5.91 Å². The molecule has 2 aromatic heterocycles. The van der Waals surface area contributed by atoms with Gasteiger partial charge in [0.15, 0.2) is 0 Å². The van der Waals surface area contributed by atoms with Crippen LogP contribution in [0.1, 0.15) is 34.4 Å². The smallest absolute Gasteiger partial charge is 0.246 e. The fourth-order valence-electron chi connectivity index (χ4n) is 4.07. The third-order valence-electron chi connectivity index (χ3n) is 5.97. The maximum atomic E-state index is 12.9. The van der Waals surface area contributed by atoms with E-state index in [2.05, 4.69) is 52.2 Å². The Morgan fingerprint density at radius 1 is 1.15 bits per heavy atom. The number of hydrogen-bond donors (Lipinski definition) is 0. The molecule has 174 valence electrons.